The monoisotopic (exact) mass is 440 g/mol. The van der Waals surface area contributed by atoms with Gasteiger partial charge in [0.25, 0.3) is 5.95 Å². The van der Waals surface area contributed by atoms with Crippen molar-refractivity contribution in [2.45, 2.75) is 26.7 Å². The number of hydrogen-bond acceptors (Lipinski definition) is 6. The van der Waals surface area contributed by atoms with Crippen LogP contribution in [-0.2, 0) is 6.42 Å². The zero-order valence-corrected chi connectivity index (χ0v) is 18.9. The van der Waals surface area contributed by atoms with Crippen LogP contribution in [0.1, 0.15) is 22.4 Å². The number of nitrogens with zero attached hydrogens (tertiary/aromatic N) is 5. The lowest BCUT2D eigenvalue weighted by molar-refractivity contribution is 0.759. The van der Waals surface area contributed by atoms with Gasteiger partial charge in [-0.15, -0.1) is 16.4 Å². The van der Waals surface area contributed by atoms with E-state index in [1.54, 1.807) is 28.4 Å². The zero-order chi connectivity index (χ0) is 21.9. The highest BCUT2D eigenvalue weighted by Crippen LogP contribution is 2.29. The van der Waals surface area contributed by atoms with E-state index in [9.17, 15) is 0 Å². The fourth-order valence-corrected chi connectivity index (χ4v) is 4.57. The molecule has 32 heavy (non-hydrogen) atoms. The standard InChI is InChI=1S/C25H24N6S/c1-17-5-9-20(10-6-17)21-11-7-19(8-12-21)4-3-13-26-23-22-16-18(2)32-24(22)29-25(28-23)31-15-14-27-30-31/h5-12,14-16H,3-4,13H2,1-2H3,(H,26,28,29). The minimum atomic E-state index is 0.533. The summed E-state index contributed by atoms with van der Waals surface area (Å²) in [4.78, 5) is 11.5. The molecule has 3 aromatic heterocycles. The molecule has 1 N–H and O–H groups in total. The minimum absolute atomic E-state index is 0.533. The molecule has 0 atom stereocenters. The fourth-order valence-electron chi connectivity index (χ4n) is 3.69. The normalized spacial score (nSPS) is 11.2. The van der Waals surface area contributed by atoms with Gasteiger partial charge in [-0.2, -0.15) is 14.6 Å². The van der Waals surface area contributed by atoms with E-state index >= 15 is 0 Å². The van der Waals surface area contributed by atoms with Gasteiger partial charge < -0.3 is 5.32 Å². The Labute approximate surface area is 191 Å². The Hall–Kier alpha value is -3.58. The van der Waals surface area contributed by atoms with Crippen LogP contribution in [0.5, 0.6) is 0 Å². The van der Waals surface area contributed by atoms with E-state index in [1.165, 1.54) is 27.1 Å². The zero-order valence-electron chi connectivity index (χ0n) is 18.1. The van der Waals surface area contributed by atoms with E-state index in [4.69, 9.17) is 4.98 Å². The SMILES string of the molecule is Cc1ccc(-c2ccc(CCCNc3nc(-n4ccnn4)nc4sc(C)cc34)cc2)cc1. The Balaban J connectivity index is 1.24. The summed E-state index contributed by atoms with van der Waals surface area (Å²) in [7, 11) is 0. The van der Waals surface area contributed by atoms with Crippen LogP contribution in [0.2, 0.25) is 0 Å². The van der Waals surface area contributed by atoms with Crippen molar-refractivity contribution < 1.29 is 0 Å². The van der Waals surface area contributed by atoms with E-state index in [0.29, 0.717) is 5.95 Å². The summed E-state index contributed by atoms with van der Waals surface area (Å²) in [5, 5.41) is 12.5. The molecule has 0 saturated heterocycles. The van der Waals surface area contributed by atoms with Crippen molar-refractivity contribution in [3.63, 3.8) is 0 Å². The molecule has 0 radical (unpaired) electrons. The molecular formula is C25H24N6S. The van der Waals surface area contributed by atoms with Crippen molar-refractivity contribution in [3.05, 3.63) is 83.0 Å². The van der Waals surface area contributed by atoms with Crippen molar-refractivity contribution in [1.29, 1.82) is 0 Å². The van der Waals surface area contributed by atoms with E-state index < -0.39 is 0 Å². The first kappa shape index (κ1) is 20.3. The van der Waals surface area contributed by atoms with Crippen molar-refractivity contribution in [2.24, 2.45) is 0 Å². The Bertz CT molecular complexity index is 1320. The van der Waals surface area contributed by atoms with Crippen LogP contribution in [0.3, 0.4) is 0 Å². The molecule has 0 aliphatic rings. The summed E-state index contributed by atoms with van der Waals surface area (Å²) in [6.07, 6.45) is 5.40. The smallest absolute Gasteiger partial charge is 0.255 e. The van der Waals surface area contributed by atoms with Crippen molar-refractivity contribution >= 4 is 27.4 Å². The Morgan fingerprint density at radius 3 is 2.41 bits per heavy atom. The molecule has 3 heterocycles. The van der Waals surface area contributed by atoms with Crippen LogP contribution in [0.25, 0.3) is 27.3 Å². The number of benzene rings is 2. The molecule has 0 saturated carbocycles. The second-order valence-electron chi connectivity index (χ2n) is 7.89. The van der Waals surface area contributed by atoms with E-state index in [0.717, 1.165) is 35.4 Å². The molecule has 0 aliphatic heterocycles. The first-order valence-electron chi connectivity index (χ1n) is 10.7. The summed E-state index contributed by atoms with van der Waals surface area (Å²) >= 11 is 1.66. The Morgan fingerprint density at radius 2 is 1.69 bits per heavy atom. The molecule has 0 fully saturated rings. The van der Waals surface area contributed by atoms with Gasteiger partial charge >= 0.3 is 0 Å². The van der Waals surface area contributed by atoms with Gasteiger partial charge in [0, 0.05) is 11.4 Å². The highest BCUT2D eigenvalue weighted by atomic mass is 32.1. The third kappa shape index (κ3) is 4.38. The van der Waals surface area contributed by atoms with E-state index in [1.807, 2.05) is 0 Å². The van der Waals surface area contributed by atoms with E-state index in [-0.39, 0.29) is 0 Å². The Kier molecular flexibility index (Phi) is 5.64. The van der Waals surface area contributed by atoms with Crippen LogP contribution < -0.4 is 5.32 Å². The van der Waals surface area contributed by atoms with Crippen molar-refractivity contribution in [2.75, 3.05) is 11.9 Å². The van der Waals surface area contributed by atoms with Gasteiger partial charge in [-0.25, -0.2) is 0 Å². The maximum atomic E-state index is 4.70. The molecule has 0 aliphatic carbocycles. The number of nitrogens with one attached hydrogen (secondary N) is 1. The predicted octanol–water partition coefficient (Wildman–Crippen LogP) is 5.60. The van der Waals surface area contributed by atoms with Gasteiger partial charge in [0.1, 0.15) is 10.6 Å². The average molecular weight is 441 g/mol. The lowest BCUT2D eigenvalue weighted by Crippen LogP contribution is -2.09. The molecule has 160 valence electrons. The number of hydrogen-bond donors (Lipinski definition) is 1. The first-order valence-corrected chi connectivity index (χ1v) is 11.5. The molecular weight excluding hydrogens is 416 g/mol. The second kappa shape index (κ2) is 8.88. The van der Waals surface area contributed by atoms with Gasteiger partial charge in [0.05, 0.1) is 17.8 Å². The summed E-state index contributed by atoms with van der Waals surface area (Å²) in [6.45, 7) is 5.03. The van der Waals surface area contributed by atoms with Gasteiger partial charge in [-0.1, -0.05) is 59.3 Å². The number of thiophene rings is 1. The van der Waals surface area contributed by atoms with Crippen LogP contribution in [-0.4, -0.2) is 31.5 Å². The molecule has 7 heteroatoms. The largest absolute Gasteiger partial charge is 0.369 e. The highest BCUT2D eigenvalue weighted by Gasteiger charge is 2.12. The number of aromatic nitrogens is 5. The summed E-state index contributed by atoms with van der Waals surface area (Å²) in [5.74, 6) is 1.38. The Morgan fingerprint density at radius 1 is 0.938 bits per heavy atom. The number of fused-ring (bicyclic) bond motifs is 1. The molecule has 5 aromatic rings. The fraction of sp³-hybridized carbons (Fsp3) is 0.200. The molecule has 5 rings (SSSR count). The summed E-state index contributed by atoms with van der Waals surface area (Å²) in [5.41, 5.74) is 5.13. The average Bonchev–Trinajstić information content (AvgIpc) is 3.47. The quantitative estimate of drug-likeness (QED) is 0.334. The van der Waals surface area contributed by atoms with Crippen LogP contribution >= 0.6 is 11.3 Å². The van der Waals surface area contributed by atoms with Gasteiger partial charge in [-0.05, 0) is 49.4 Å². The first-order chi connectivity index (χ1) is 15.7. The molecule has 0 amide bonds. The molecule has 0 spiro atoms. The highest BCUT2D eigenvalue weighted by molar-refractivity contribution is 7.18. The summed E-state index contributed by atoms with van der Waals surface area (Å²) < 4.78 is 1.59. The van der Waals surface area contributed by atoms with Crippen molar-refractivity contribution in [1.82, 2.24) is 25.0 Å². The number of anilines is 1. The third-order valence-corrected chi connectivity index (χ3v) is 6.35. The van der Waals surface area contributed by atoms with Crippen LogP contribution in [0.15, 0.2) is 67.0 Å². The van der Waals surface area contributed by atoms with Crippen LogP contribution in [0, 0.1) is 13.8 Å². The lowest BCUT2D eigenvalue weighted by atomic mass is 10.0. The minimum Gasteiger partial charge on any atom is -0.369 e. The molecule has 6 nitrogen and oxygen atoms in total. The summed E-state index contributed by atoms with van der Waals surface area (Å²) in [6, 6.07) is 19.7. The molecule has 0 unspecified atom stereocenters. The topological polar surface area (TPSA) is 68.5 Å². The third-order valence-electron chi connectivity index (χ3n) is 5.41. The van der Waals surface area contributed by atoms with E-state index in [2.05, 4.69) is 89.1 Å². The van der Waals surface area contributed by atoms with Gasteiger partial charge in [0.2, 0.25) is 0 Å². The number of aryl methyl sites for hydroxylation is 3. The predicted molar refractivity (Wildman–Crippen MR) is 130 cm³/mol. The maximum absolute atomic E-state index is 4.70. The number of rotatable bonds is 7. The van der Waals surface area contributed by atoms with Crippen LogP contribution in [0.4, 0.5) is 5.82 Å². The lowest BCUT2D eigenvalue weighted by Gasteiger charge is -2.09. The maximum Gasteiger partial charge on any atom is 0.255 e. The van der Waals surface area contributed by atoms with Gasteiger partial charge in [-0.3, -0.25) is 0 Å². The molecule has 0 bridgehead atoms. The van der Waals surface area contributed by atoms with Gasteiger partial charge in [0.15, 0.2) is 0 Å². The molecule has 2 aromatic carbocycles. The second-order valence-corrected chi connectivity index (χ2v) is 9.12. The van der Waals surface area contributed by atoms with Crippen molar-refractivity contribution in [3.8, 4) is 17.1 Å².